The molecular formula is C19H18. The van der Waals surface area contributed by atoms with E-state index in [1.807, 2.05) is 30.3 Å². The van der Waals surface area contributed by atoms with Gasteiger partial charge >= 0.3 is 0 Å². The van der Waals surface area contributed by atoms with Crippen LogP contribution in [0.4, 0.5) is 0 Å². The predicted molar refractivity (Wildman–Crippen MR) is 83.0 cm³/mol. The summed E-state index contributed by atoms with van der Waals surface area (Å²) < 4.78 is 0. The molecule has 0 atom stereocenters. The van der Waals surface area contributed by atoms with Crippen LogP contribution in [-0.2, 0) is 6.42 Å². The van der Waals surface area contributed by atoms with Gasteiger partial charge in [-0.2, -0.15) is 0 Å². The largest absolute Gasteiger partial charge is 0.0985 e. The Hall–Kier alpha value is -2.26. The average Bonchev–Trinajstić information content (AvgIpc) is 2.47. The summed E-state index contributed by atoms with van der Waals surface area (Å²) in [5, 5.41) is 0. The fourth-order valence-electron chi connectivity index (χ4n) is 1.89. The van der Waals surface area contributed by atoms with Crippen LogP contribution < -0.4 is 0 Å². The van der Waals surface area contributed by atoms with Crippen LogP contribution in [0.2, 0.25) is 0 Å². The Balaban J connectivity index is 2.11. The monoisotopic (exact) mass is 246 g/mol. The first-order valence-corrected chi connectivity index (χ1v) is 6.65. The summed E-state index contributed by atoms with van der Waals surface area (Å²) in [6.07, 6.45) is 4.15. The Morgan fingerprint density at radius 1 is 0.895 bits per heavy atom. The summed E-state index contributed by atoms with van der Waals surface area (Å²) in [5.41, 5.74) is 4.59. The van der Waals surface area contributed by atoms with E-state index in [1.54, 1.807) is 0 Å². The van der Waals surface area contributed by atoms with Gasteiger partial charge in [-0.15, -0.1) is 0 Å². The van der Waals surface area contributed by atoms with Gasteiger partial charge in [0.15, 0.2) is 0 Å². The van der Waals surface area contributed by atoms with Crippen molar-refractivity contribution >= 4 is 6.08 Å². The molecule has 0 saturated carbocycles. The molecule has 0 N–H and O–H groups in total. The summed E-state index contributed by atoms with van der Waals surface area (Å²) >= 11 is 0. The summed E-state index contributed by atoms with van der Waals surface area (Å²) in [7, 11) is 0. The van der Waals surface area contributed by atoms with Crippen molar-refractivity contribution in [2.75, 3.05) is 0 Å². The maximum Gasteiger partial charge on any atom is 0.0249 e. The van der Waals surface area contributed by atoms with Crippen molar-refractivity contribution in [3.63, 3.8) is 0 Å². The van der Waals surface area contributed by atoms with Crippen LogP contribution in [0.5, 0.6) is 0 Å². The molecule has 19 heavy (non-hydrogen) atoms. The average molecular weight is 246 g/mol. The highest BCUT2D eigenvalue weighted by atomic mass is 14.0. The molecule has 0 aliphatic carbocycles. The fraction of sp³-hybridized carbons (Fsp3) is 0.158. The highest BCUT2D eigenvalue weighted by Gasteiger charge is 1.91. The van der Waals surface area contributed by atoms with Crippen LogP contribution in [0.3, 0.4) is 0 Å². The number of hydrogen-bond donors (Lipinski definition) is 0. The van der Waals surface area contributed by atoms with E-state index in [1.165, 1.54) is 12.0 Å². The second kappa shape index (κ2) is 6.61. The second-order valence-electron chi connectivity index (χ2n) is 4.52. The standard InChI is InChI=1S/C19H18/c1-3-5-17-10-12-19(13-11-17)15-14-18-8-6-16(4-2)7-9-18/h4,6-13H,2-3,5H2,1H3. The molecule has 0 amide bonds. The van der Waals surface area contributed by atoms with E-state index in [4.69, 9.17) is 0 Å². The van der Waals surface area contributed by atoms with Crippen LogP contribution >= 0.6 is 0 Å². The Morgan fingerprint density at radius 2 is 1.42 bits per heavy atom. The second-order valence-corrected chi connectivity index (χ2v) is 4.52. The molecule has 0 unspecified atom stereocenters. The van der Waals surface area contributed by atoms with E-state index >= 15 is 0 Å². The molecule has 0 bridgehead atoms. The number of aryl methyl sites for hydroxylation is 1. The third-order valence-electron chi connectivity index (χ3n) is 2.99. The maximum absolute atomic E-state index is 3.74. The lowest BCUT2D eigenvalue weighted by Crippen LogP contribution is -1.83. The fourth-order valence-corrected chi connectivity index (χ4v) is 1.89. The molecule has 0 aromatic heterocycles. The van der Waals surface area contributed by atoms with Gasteiger partial charge in [-0.25, -0.2) is 0 Å². The molecule has 94 valence electrons. The molecule has 2 aromatic rings. The number of benzene rings is 2. The molecule has 0 spiro atoms. The molecule has 0 heterocycles. The quantitative estimate of drug-likeness (QED) is 0.690. The van der Waals surface area contributed by atoms with Gasteiger partial charge in [0.2, 0.25) is 0 Å². The first kappa shape index (κ1) is 13.2. The Labute approximate surface area is 115 Å². The van der Waals surface area contributed by atoms with Gasteiger partial charge in [0, 0.05) is 11.1 Å². The van der Waals surface area contributed by atoms with Gasteiger partial charge in [0.05, 0.1) is 0 Å². The van der Waals surface area contributed by atoms with Crippen LogP contribution in [0.1, 0.15) is 35.6 Å². The van der Waals surface area contributed by atoms with Gasteiger partial charge < -0.3 is 0 Å². The first-order valence-electron chi connectivity index (χ1n) is 6.65. The van der Waals surface area contributed by atoms with E-state index < -0.39 is 0 Å². The van der Waals surface area contributed by atoms with Crippen molar-refractivity contribution < 1.29 is 0 Å². The molecule has 0 aliphatic heterocycles. The molecule has 0 saturated heterocycles. The van der Waals surface area contributed by atoms with Gasteiger partial charge in [0.25, 0.3) is 0 Å². The van der Waals surface area contributed by atoms with Crippen LogP contribution in [0, 0.1) is 11.8 Å². The normalized spacial score (nSPS) is 9.53. The molecule has 0 fully saturated rings. The Kier molecular flexibility index (Phi) is 4.59. The summed E-state index contributed by atoms with van der Waals surface area (Å²) in [4.78, 5) is 0. The molecule has 0 aliphatic rings. The molecular weight excluding hydrogens is 228 g/mol. The van der Waals surface area contributed by atoms with Crippen LogP contribution in [-0.4, -0.2) is 0 Å². The molecule has 2 aromatic carbocycles. The molecule has 0 radical (unpaired) electrons. The van der Waals surface area contributed by atoms with Gasteiger partial charge in [-0.05, 0) is 41.8 Å². The SMILES string of the molecule is C=Cc1ccc(C#Cc2ccc(CCC)cc2)cc1. The van der Waals surface area contributed by atoms with Gasteiger partial charge in [-0.1, -0.05) is 62.1 Å². The minimum Gasteiger partial charge on any atom is -0.0985 e. The van der Waals surface area contributed by atoms with E-state index in [0.717, 1.165) is 23.1 Å². The van der Waals surface area contributed by atoms with Gasteiger partial charge in [0.1, 0.15) is 0 Å². The van der Waals surface area contributed by atoms with Crippen LogP contribution in [0.25, 0.3) is 6.08 Å². The molecule has 0 heteroatoms. The van der Waals surface area contributed by atoms with E-state index in [-0.39, 0.29) is 0 Å². The minimum absolute atomic E-state index is 1.03. The highest BCUT2D eigenvalue weighted by molar-refractivity contribution is 5.50. The predicted octanol–water partition coefficient (Wildman–Crippen LogP) is 4.68. The molecule has 0 nitrogen and oxygen atoms in total. The lowest BCUT2D eigenvalue weighted by atomic mass is 10.1. The Morgan fingerprint density at radius 3 is 1.89 bits per heavy atom. The summed E-state index contributed by atoms with van der Waals surface area (Å²) in [5.74, 6) is 6.37. The molecule has 2 rings (SSSR count). The van der Waals surface area contributed by atoms with Crippen molar-refractivity contribution in [1.82, 2.24) is 0 Å². The van der Waals surface area contributed by atoms with Crippen molar-refractivity contribution in [2.45, 2.75) is 19.8 Å². The lowest BCUT2D eigenvalue weighted by molar-refractivity contribution is 0.922. The van der Waals surface area contributed by atoms with Crippen molar-refractivity contribution in [3.05, 3.63) is 77.4 Å². The zero-order valence-electron chi connectivity index (χ0n) is 11.3. The zero-order valence-corrected chi connectivity index (χ0v) is 11.3. The van der Waals surface area contributed by atoms with Crippen molar-refractivity contribution in [3.8, 4) is 11.8 Å². The lowest BCUT2D eigenvalue weighted by Gasteiger charge is -1.97. The summed E-state index contributed by atoms with van der Waals surface area (Å²) in [6.45, 7) is 5.94. The number of hydrogen-bond acceptors (Lipinski definition) is 0. The van der Waals surface area contributed by atoms with Gasteiger partial charge in [-0.3, -0.25) is 0 Å². The summed E-state index contributed by atoms with van der Waals surface area (Å²) in [6, 6.07) is 16.6. The number of rotatable bonds is 3. The Bertz CT molecular complexity index is 589. The van der Waals surface area contributed by atoms with E-state index in [0.29, 0.717) is 0 Å². The zero-order chi connectivity index (χ0) is 13.5. The third kappa shape index (κ3) is 3.86. The van der Waals surface area contributed by atoms with E-state index in [9.17, 15) is 0 Å². The third-order valence-corrected chi connectivity index (χ3v) is 2.99. The topological polar surface area (TPSA) is 0 Å². The van der Waals surface area contributed by atoms with Crippen LogP contribution in [0.15, 0.2) is 55.1 Å². The highest BCUT2D eigenvalue weighted by Crippen LogP contribution is 2.07. The van der Waals surface area contributed by atoms with E-state index in [2.05, 4.69) is 49.6 Å². The minimum atomic E-state index is 1.03. The first-order chi connectivity index (χ1) is 9.31. The smallest absolute Gasteiger partial charge is 0.0249 e. The van der Waals surface area contributed by atoms with Crippen molar-refractivity contribution in [1.29, 1.82) is 0 Å². The van der Waals surface area contributed by atoms with Crippen molar-refractivity contribution in [2.24, 2.45) is 0 Å². The maximum atomic E-state index is 3.74.